The van der Waals surface area contributed by atoms with Gasteiger partial charge in [0.05, 0.1) is 0 Å². The second-order valence-corrected chi connectivity index (χ2v) is 5.56. The normalized spacial score (nSPS) is 10.7. The number of aryl methyl sites for hydroxylation is 2. The topological polar surface area (TPSA) is 14.1 Å². The van der Waals surface area contributed by atoms with Gasteiger partial charge in [-0.05, 0) is 43.2 Å². The van der Waals surface area contributed by atoms with Gasteiger partial charge in [0.1, 0.15) is 0 Å². The molecule has 21 heavy (non-hydrogen) atoms. The van der Waals surface area contributed by atoms with Gasteiger partial charge in [-0.1, -0.05) is 67.1 Å². The fraction of sp³-hybridized carbons (Fsp3) is 0.400. The first kappa shape index (κ1) is 15.8. The van der Waals surface area contributed by atoms with E-state index in [2.05, 4.69) is 66.0 Å². The lowest BCUT2D eigenvalue weighted by molar-refractivity contribution is 0.580. The molecule has 0 spiro atoms. The molecule has 0 saturated carbocycles. The molecule has 111 valence electrons. The molecule has 0 aromatic heterocycles. The van der Waals surface area contributed by atoms with Crippen molar-refractivity contribution in [1.29, 1.82) is 0 Å². The Morgan fingerprint density at radius 2 is 1.05 bits per heavy atom. The van der Waals surface area contributed by atoms with Gasteiger partial charge in [0.25, 0.3) is 0 Å². The largest absolute Gasteiger partial charge is 0.242 e. The van der Waals surface area contributed by atoms with Gasteiger partial charge in [0, 0.05) is 13.1 Å². The predicted molar refractivity (Wildman–Crippen MR) is 90.6 cm³/mol. The van der Waals surface area contributed by atoms with Crippen molar-refractivity contribution in [2.75, 3.05) is 13.1 Å². The molecule has 0 heterocycles. The van der Waals surface area contributed by atoms with Gasteiger partial charge in [-0.25, -0.2) is 5.32 Å². The molecule has 1 radical (unpaired) electrons. The molecule has 0 aliphatic heterocycles. The van der Waals surface area contributed by atoms with Crippen LogP contribution in [-0.4, -0.2) is 13.1 Å². The van der Waals surface area contributed by atoms with Gasteiger partial charge in [-0.15, -0.1) is 0 Å². The van der Waals surface area contributed by atoms with Crippen molar-refractivity contribution in [3.05, 3.63) is 71.8 Å². The van der Waals surface area contributed by atoms with E-state index in [4.69, 9.17) is 0 Å². The molecule has 0 bridgehead atoms. The summed E-state index contributed by atoms with van der Waals surface area (Å²) in [5.74, 6) is 0. The summed E-state index contributed by atoms with van der Waals surface area (Å²) < 4.78 is 0. The fourth-order valence-electron chi connectivity index (χ4n) is 2.53. The molecule has 0 atom stereocenters. The molecule has 0 fully saturated rings. The Kier molecular flexibility index (Phi) is 7.65. The maximum atomic E-state index is 4.63. The second kappa shape index (κ2) is 10.2. The minimum absolute atomic E-state index is 1.01. The molecule has 2 rings (SSSR count). The summed E-state index contributed by atoms with van der Waals surface area (Å²) in [4.78, 5) is 0. The molecule has 0 aliphatic carbocycles. The van der Waals surface area contributed by atoms with Gasteiger partial charge < -0.3 is 0 Å². The summed E-state index contributed by atoms with van der Waals surface area (Å²) >= 11 is 0. The Balaban J connectivity index is 1.40. The van der Waals surface area contributed by atoms with Crippen LogP contribution in [0.15, 0.2) is 60.7 Å². The lowest BCUT2D eigenvalue weighted by Crippen LogP contribution is -2.09. The maximum absolute atomic E-state index is 4.63. The van der Waals surface area contributed by atoms with Gasteiger partial charge in [-0.3, -0.25) is 0 Å². The van der Waals surface area contributed by atoms with Crippen LogP contribution in [0.25, 0.3) is 0 Å². The zero-order valence-electron chi connectivity index (χ0n) is 12.9. The van der Waals surface area contributed by atoms with E-state index in [0.29, 0.717) is 0 Å². The maximum Gasteiger partial charge on any atom is 0.0136 e. The SMILES string of the molecule is c1ccc(CCCCC[N]CCCc2ccccc2)cc1. The van der Waals surface area contributed by atoms with E-state index in [9.17, 15) is 0 Å². The summed E-state index contributed by atoms with van der Waals surface area (Å²) in [6.45, 7) is 2.04. The lowest BCUT2D eigenvalue weighted by Gasteiger charge is -2.04. The summed E-state index contributed by atoms with van der Waals surface area (Å²) in [6.07, 6.45) is 7.33. The van der Waals surface area contributed by atoms with Crippen molar-refractivity contribution in [3.8, 4) is 0 Å². The molecule has 0 amide bonds. The molecule has 0 N–H and O–H groups in total. The highest BCUT2D eigenvalue weighted by molar-refractivity contribution is 5.15. The highest BCUT2D eigenvalue weighted by Crippen LogP contribution is 2.06. The van der Waals surface area contributed by atoms with Crippen LogP contribution in [0, 0.1) is 0 Å². The van der Waals surface area contributed by atoms with Crippen molar-refractivity contribution >= 4 is 0 Å². The zero-order chi connectivity index (χ0) is 14.6. The molecule has 0 aliphatic rings. The number of unbranched alkanes of at least 4 members (excludes halogenated alkanes) is 2. The van der Waals surface area contributed by atoms with Crippen molar-refractivity contribution in [2.45, 2.75) is 38.5 Å². The van der Waals surface area contributed by atoms with Crippen LogP contribution in [0.5, 0.6) is 0 Å². The first-order chi connectivity index (χ1) is 10.4. The van der Waals surface area contributed by atoms with Crippen LogP contribution >= 0.6 is 0 Å². The van der Waals surface area contributed by atoms with Gasteiger partial charge >= 0.3 is 0 Å². The monoisotopic (exact) mass is 280 g/mol. The third-order valence-corrected chi connectivity index (χ3v) is 3.75. The van der Waals surface area contributed by atoms with E-state index in [-0.39, 0.29) is 0 Å². The highest BCUT2D eigenvalue weighted by atomic mass is 14.8. The van der Waals surface area contributed by atoms with Crippen molar-refractivity contribution in [2.24, 2.45) is 0 Å². The van der Waals surface area contributed by atoms with E-state index in [1.165, 1.54) is 43.2 Å². The molecular formula is C20H26N. The summed E-state index contributed by atoms with van der Waals surface area (Å²) in [7, 11) is 0. The summed E-state index contributed by atoms with van der Waals surface area (Å²) in [5, 5.41) is 4.63. The zero-order valence-corrected chi connectivity index (χ0v) is 12.9. The van der Waals surface area contributed by atoms with Crippen LogP contribution in [0.2, 0.25) is 0 Å². The Bertz CT molecular complexity index is 418. The molecule has 0 unspecified atom stereocenters. The Hall–Kier alpha value is -1.60. The smallest absolute Gasteiger partial charge is 0.0136 e. The number of rotatable bonds is 10. The van der Waals surface area contributed by atoms with Crippen LogP contribution in [0.1, 0.15) is 36.8 Å². The third-order valence-electron chi connectivity index (χ3n) is 3.75. The summed E-state index contributed by atoms with van der Waals surface area (Å²) in [5.41, 5.74) is 2.88. The first-order valence-electron chi connectivity index (χ1n) is 8.16. The Morgan fingerprint density at radius 1 is 0.524 bits per heavy atom. The minimum Gasteiger partial charge on any atom is -0.242 e. The molecule has 1 heteroatoms. The van der Waals surface area contributed by atoms with Crippen LogP contribution in [-0.2, 0) is 12.8 Å². The predicted octanol–water partition coefficient (Wildman–Crippen LogP) is 4.64. The molecular weight excluding hydrogens is 254 g/mol. The average Bonchev–Trinajstić information content (AvgIpc) is 2.55. The first-order valence-corrected chi connectivity index (χ1v) is 8.16. The van der Waals surface area contributed by atoms with Crippen molar-refractivity contribution in [3.63, 3.8) is 0 Å². The van der Waals surface area contributed by atoms with E-state index in [1.807, 2.05) is 0 Å². The van der Waals surface area contributed by atoms with Gasteiger partial charge in [0.15, 0.2) is 0 Å². The fourth-order valence-corrected chi connectivity index (χ4v) is 2.53. The number of hydrogen-bond donors (Lipinski definition) is 0. The number of benzene rings is 2. The van der Waals surface area contributed by atoms with Crippen LogP contribution in [0.4, 0.5) is 0 Å². The Morgan fingerprint density at radius 3 is 1.67 bits per heavy atom. The van der Waals surface area contributed by atoms with E-state index >= 15 is 0 Å². The van der Waals surface area contributed by atoms with Crippen molar-refractivity contribution in [1.82, 2.24) is 5.32 Å². The quantitative estimate of drug-likeness (QED) is 0.563. The van der Waals surface area contributed by atoms with Gasteiger partial charge in [-0.2, -0.15) is 0 Å². The van der Waals surface area contributed by atoms with E-state index in [0.717, 1.165) is 19.5 Å². The van der Waals surface area contributed by atoms with Crippen molar-refractivity contribution < 1.29 is 0 Å². The van der Waals surface area contributed by atoms with E-state index < -0.39 is 0 Å². The highest BCUT2D eigenvalue weighted by Gasteiger charge is 1.95. The van der Waals surface area contributed by atoms with Crippen LogP contribution < -0.4 is 5.32 Å². The van der Waals surface area contributed by atoms with E-state index in [1.54, 1.807) is 0 Å². The van der Waals surface area contributed by atoms with Gasteiger partial charge in [0.2, 0.25) is 0 Å². The molecule has 1 nitrogen and oxygen atoms in total. The number of nitrogens with zero attached hydrogens (tertiary/aromatic N) is 1. The molecule has 0 saturated heterocycles. The summed E-state index contributed by atoms with van der Waals surface area (Å²) in [6, 6.07) is 21.4. The third kappa shape index (κ3) is 7.10. The molecule has 2 aromatic rings. The second-order valence-electron chi connectivity index (χ2n) is 5.56. The average molecular weight is 280 g/mol. The van der Waals surface area contributed by atoms with Crippen LogP contribution in [0.3, 0.4) is 0 Å². The number of hydrogen-bond acceptors (Lipinski definition) is 0. The lowest BCUT2D eigenvalue weighted by atomic mass is 10.1. The minimum atomic E-state index is 1.01. The molecule has 2 aromatic carbocycles. The Labute approximate surface area is 129 Å². The standard InChI is InChI=1S/C20H26N/c1-4-11-19(12-5-1)15-8-3-9-17-21-18-10-16-20-13-6-2-7-14-20/h1-2,4-7,11-14H,3,8-10,15-18H2.